The van der Waals surface area contributed by atoms with E-state index in [0.29, 0.717) is 25.0 Å². The van der Waals surface area contributed by atoms with Crippen molar-refractivity contribution in [3.05, 3.63) is 0 Å². The quantitative estimate of drug-likeness (QED) is 0.0257. The number of aliphatic hydroxyl groups excluding tert-OH is 2. The van der Waals surface area contributed by atoms with E-state index < -0.39 is 17.1 Å². The maximum Gasteiger partial charge on any atom is 0.333 e. The van der Waals surface area contributed by atoms with Gasteiger partial charge >= 0.3 is 29.1 Å². The first-order valence-electron chi connectivity index (χ1n) is 59.6. The molecule has 0 spiro atoms. The van der Waals surface area contributed by atoms with Gasteiger partial charge in [-0.3, -0.25) is 9.59 Å². The minimum Gasteiger partial charge on any atom is -0.465 e. The second-order valence-electron chi connectivity index (χ2n) is 41.7. The molecule has 0 saturated carbocycles. The van der Waals surface area contributed by atoms with E-state index in [-0.39, 0.29) is 48.2 Å². The van der Waals surface area contributed by atoms with Crippen molar-refractivity contribution in [3.63, 3.8) is 0 Å². The van der Waals surface area contributed by atoms with E-state index in [1.165, 1.54) is 360 Å². The molecule has 0 fully saturated rings. The Kier molecular flexibility index (Phi) is 110. The molecule has 0 rings (SSSR count). The molecule has 6 atom stereocenters. The number of hydrogen-bond donors (Lipinski definition) is 2. The highest BCUT2D eigenvalue weighted by Crippen LogP contribution is 2.30. The second kappa shape index (κ2) is 108. The predicted molar refractivity (Wildman–Crippen MR) is 594 cm³/mol. The topological polar surface area (TPSA) is 155 Å². The first-order chi connectivity index (χ1) is 65.5. The van der Waals surface area contributed by atoms with Crippen molar-refractivity contribution in [2.24, 2.45) is 11.8 Å². The molecule has 2 N–H and O–H groups in total. The number of rotatable bonds is 112. The number of unbranched alkanes of at least 4 members (excludes halogenated alkanes) is 54. The number of nitrogens with zero attached hydrogens (tertiary/aromatic N) is 2. The van der Waals surface area contributed by atoms with Gasteiger partial charge in [0, 0.05) is 39.6 Å². The number of thioether (sulfide) groups is 2. The molecule has 0 bridgehead atoms. The zero-order valence-electron chi connectivity index (χ0n) is 92.6. The third-order valence-electron chi connectivity index (χ3n) is 27.2. The zero-order chi connectivity index (χ0) is 98.3. The summed E-state index contributed by atoms with van der Waals surface area (Å²) in [4.78, 5) is 31.3. The summed E-state index contributed by atoms with van der Waals surface area (Å²) in [5.74, 6) is 3.46. The van der Waals surface area contributed by atoms with Crippen LogP contribution in [0, 0.1) is 11.8 Å². The zero-order valence-corrected chi connectivity index (χ0v) is 96.3. The summed E-state index contributed by atoms with van der Waals surface area (Å²) in [7, 11) is -4.75. The fourth-order valence-corrected chi connectivity index (χ4v) is 23.7. The molecule has 6 unspecified atom stereocenters. The summed E-state index contributed by atoms with van der Waals surface area (Å²) < 4.78 is 52.0. The highest BCUT2D eigenvalue weighted by Gasteiger charge is 2.33. The standard InChI is InChI=1S/2C58H119NO6SSi/c2*1-8-13-18-22-25-26-31-42-53-66-56(45-17-12-5)58(61)63-52-41-30-28-36-47-59(49-38-39-50-60)48-37-32-35-46-57(62-51-40-29-24-20-15-10-3)65-67(6,7)64-54-55(43-33-21-16-11-4)44-34-27-23-19-14-9-2/h2*55-57,60H,8-54H2,1-7H3. The average molecular weight is 1970 g/mol. The lowest BCUT2D eigenvalue weighted by molar-refractivity contribution is -0.144. The minimum atomic E-state index is -2.38. The Balaban J connectivity index is 0. The van der Waals surface area contributed by atoms with Crippen LogP contribution in [0.1, 0.15) is 570 Å². The van der Waals surface area contributed by atoms with Gasteiger partial charge in [-0.25, -0.2) is 0 Å². The van der Waals surface area contributed by atoms with Gasteiger partial charge < -0.3 is 56.7 Å². The molecule has 0 aromatic heterocycles. The molecule has 0 aliphatic rings. The molecule has 18 heteroatoms. The molecule has 0 saturated heterocycles. The van der Waals surface area contributed by atoms with Crippen molar-refractivity contribution in [1.29, 1.82) is 0 Å². The third kappa shape index (κ3) is 97.7. The van der Waals surface area contributed by atoms with E-state index in [1.54, 1.807) is 0 Å². The smallest absolute Gasteiger partial charge is 0.333 e. The van der Waals surface area contributed by atoms with Crippen molar-refractivity contribution in [1.82, 2.24) is 9.80 Å². The van der Waals surface area contributed by atoms with Crippen LogP contribution in [0.15, 0.2) is 0 Å². The van der Waals surface area contributed by atoms with Gasteiger partial charge in [0.15, 0.2) is 0 Å². The summed E-state index contributed by atoms with van der Waals surface area (Å²) in [6, 6.07) is 0. The predicted octanol–water partition coefficient (Wildman–Crippen LogP) is 35.9. The molecule has 0 aliphatic carbocycles. The molecule has 0 heterocycles. The van der Waals surface area contributed by atoms with Crippen LogP contribution in [0.3, 0.4) is 0 Å². The van der Waals surface area contributed by atoms with Gasteiger partial charge in [-0.2, -0.15) is 0 Å². The Morgan fingerprint density at radius 2 is 0.463 bits per heavy atom. The van der Waals surface area contributed by atoms with Gasteiger partial charge in [0.1, 0.15) is 23.1 Å². The summed E-state index contributed by atoms with van der Waals surface area (Å²) >= 11 is 3.68. The van der Waals surface area contributed by atoms with Gasteiger partial charge in [-0.05, 0) is 243 Å². The van der Waals surface area contributed by atoms with Gasteiger partial charge in [0.25, 0.3) is 0 Å². The lowest BCUT2D eigenvalue weighted by Gasteiger charge is -2.31. The Hall–Kier alpha value is -0.326. The van der Waals surface area contributed by atoms with Crippen LogP contribution in [0.2, 0.25) is 26.2 Å². The molecule has 0 aromatic rings. The summed E-state index contributed by atoms with van der Waals surface area (Å²) in [5.41, 5.74) is 0. The monoisotopic (exact) mass is 1970 g/mol. The average Bonchev–Trinajstić information content (AvgIpc) is 0.892. The molecule has 0 radical (unpaired) electrons. The Labute approximate surface area is 848 Å². The number of ether oxygens (including phenoxy) is 4. The molecular formula is C116H238N2O12S2Si2. The maximum absolute atomic E-state index is 13.0. The van der Waals surface area contributed by atoms with Crippen LogP contribution < -0.4 is 0 Å². The van der Waals surface area contributed by atoms with Gasteiger partial charge in [-0.1, -0.05) is 416 Å². The Bertz CT molecular complexity index is 2140. The van der Waals surface area contributed by atoms with Crippen LogP contribution in [-0.4, -0.2) is 176 Å². The minimum absolute atomic E-state index is 0.00273. The van der Waals surface area contributed by atoms with E-state index >= 15 is 0 Å². The van der Waals surface area contributed by atoms with E-state index in [9.17, 15) is 19.8 Å². The molecule has 0 amide bonds. The second-order valence-corrected chi connectivity index (χ2v) is 51.0. The number of aliphatic hydroxyl groups is 2. The Morgan fingerprint density at radius 1 is 0.246 bits per heavy atom. The molecule has 804 valence electrons. The lowest BCUT2D eigenvalue weighted by Crippen LogP contribution is -2.41. The van der Waals surface area contributed by atoms with Crippen LogP contribution >= 0.6 is 23.5 Å². The molecule has 134 heavy (non-hydrogen) atoms. The van der Waals surface area contributed by atoms with Crippen molar-refractivity contribution >= 4 is 52.6 Å². The molecule has 0 aromatic carbocycles. The maximum atomic E-state index is 13.0. The highest BCUT2D eigenvalue weighted by molar-refractivity contribution is 8.00. The largest absolute Gasteiger partial charge is 0.465 e. The highest BCUT2D eigenvalue weighted by atomic mass is 32.2. The number of carbonyl (C=O) groups is 2. The van der Waals surface area contributed by atoms with Crippen LogP contribution in [0.25, 0.3) is 0 Å². The normalized spacial score (nSPS) is 13.4. The number of carbonyl (C=O) groups excluding carboxylic acids is 2. The molecular weight excluding hydrogens is 1730 g/mol. The number of esters is 2. The van der Waals surface area contributed by atoms with Crippen molar-refractivity contribution in [3.8, 4) is 0 Å². The Morgan fingerprint density at radius 3 is 0.739 bits per heavy atom. The fraction of sp³-hybridized carbons (Fsp3) is 0.983. The molecule has 14 nitrogen and oxygen atoms in total. The number of hydrogen-bond acceptors (Lipinski definition) is 16. The van der Waals surface area contributed by atoms with Gasteiger partial charge in [0.2, 0.25) is 0 Å². The summed E-state index contributed by atoms with van der Waals surface area (Å²) in [6.45, 7) is 43.1. The van der Waals surface area contributed by atoms with E-state index in [1.807, 2.05) is 23.5 Å². The summed E-state index contributed by atoms with van der Waals surface area (Å²) in [5, 5.41) is 19.0. The van der Waals surface area contributed by atoms with E-state index in [4.69, 9.17) is 36.7 Å². The van der Waals surface area contributed by atoms with Crippen LogP contribution in [-0.2, 0) is 46.2 Å². The first-order valence-corrected chi connectivity index (χ1v) is 67.3. The fourth-order valence-electron chi connectivity index (χ4n) is 18.2. The van der Waals surface area contributed by atoms with E-state index in [2.05, 4.69) is 105 Å². The van der Waals surface area contributed by atoms with E-state index in [0.717, 1.165) is 218 Å². The van der Waals surface area contributed by atoms with Crippen molar-refractivity contribution in [2.75, 3.05) is 104 Å². The molecule has 0 aliphatic heterocycles. The first kappa shape index (κ1) is 136. The third-order valence-corrected chi connectivity index (χ3v) is 33.3. The van der Waals surface area contributed by atoms with Gasteiger partial charge in [-0.15, -0.1) is 23.5 Å². The van der Waals surface area contributed by atoms with Crippen LogP contribution in [0.4, 0.5) is 0 Å². The van der Waals surface area contributed by atoms with Crippen LogP contribution in [0.5, 0.6) is 0 Å². The SMILES string of the molecule is CCCCCCCCCCSC(CCCC)C(=O)OCCCCCCN(CCCCO)CCCCCC(OCCCCCCCC)O[Si](C)(C)OCC(CCCCCC)CCCCCCCC.CCCCCCCCCCSC(CCCC)C(=O)OCCCCCCN(CCCCO)CCCCCC(OCCCCCCCC)O[Si](C)(C)OCC(CCCCCC)CCCCCCCC. The van der Waals surface area contributed by atoms with Gasteiger partial charge in [0.05, 0.1) is 13.2 Å². The lowest BCUT2D eigenvalue weighted by atomic mass is 9.95. The van der Waals surface area contributed by atoms with Crippen molar-refractivity contribution < 1.29 is 56.5 Å². The van der Waals surface area contributed by atoms with Crippen molar-refractivity contribution in [2.45, 2.75) is 619 Å². The summed E-state index contributed by atoms with van der Waals surface area (Å²) in [6.07, 6.45) is 95.6.